The predicted octanol–water partition coefficient (Wildman–Crippen LogP) is 5.40. The van der Waals surface area contributed by atoms with Crippen molar-refractivity contribution in [1.82, 2.24) is 0 Å². The Bertz CT molecular complexity index is 484. The van der Waals surface area contributed by atoms with Crippen LogP contribution in [0.4, 0.5) is 0 Å². The lowest BCUT2D eigenvalue weighted by Crippen LogP contribution is -2.37. The van der Waals surface area contributed by atoms with Crippen LogP contribution in [0.3, 0.4) is 0 Å². The van der Waals surface area contributed by atoms with Gasteiger partial charge >= 0.3 is 0 Å². The summed E-state index contributed by atoms with van der Waals surface area (Å²) in [6, 6.07) is 10.7. The lowest BCUT2D eigenvalue weighted by Gasteiger charge is -2.39. The zero-order valence-corrected chi connectivity index (χ0v) is 15.0. The predicted molar refractivity (Wildman–Crippen MR) is 91.9 cm³/mol. The van der Waals surface area contributed by atoms with Gasteiger partial charge in [-0.2, -0.15) is 0 Å². The van der Waals surface area contributed by atoms with Crippen LogP contribution in [-0.2, 0) is 4.74 Å². The highest BCUT2D eigenvalue weighted by Crippen LogP contribution is 2.66. The van der Waals surface area contributed by atoms with Gasteiger partial charge in [-0.25, -0.2) is 0 Å². The van der Waals surface area contributed by atoms with E-state index in [2.05, 4.69) is 67.0 Å². The van der Waals surface area contributed by atoms with Crippen LogP contribution in [0.5, 0.6) is 0 Å². The van der Waals surface area contributed by atoms with E-state index in [0.717, 1.165) is 17.9 Å². The van der Waals surface area contributed by atoms with Crippen molar-refractivity contribution in [2.45, 2.75) is 52.1 Å². The molecule has 1 aromatic carbocycles. The molecule has 0 spiro atoms. The Morgan fingerprint density at radius 1 is 1.24 bits per heavy atom. The molecule has 0 radical (unpaired) electrons. The summed E-state index contributed by atoms with van der Waals surface area (Å²) in [5.74, 6) is 1.31. The Morgan fingerprint density at radius 3 is 2.48 bits per heavy atom. The molecule has 2 fully saturated rings. The van der Waals surface area contributed by atoms with Gasteiger partial charge in [0, 0.05) is 11.2 Å². The zero-order valence-electron chi connectivity index (χ0n) is 13.4. The van der Waals surface area contributed by atoms with Crippen LogP contribution < -0.4 is 0 Å². The zero-order chi connectivity index (χ0) is 15.1. The van der Waals surface area contributed by atoms with Gasteiger partial charge < -0.3 is 4.74 Å². The fourth-order valence-corrected chi connectivity index (χ4v) is 5.13. The highest BCUT2D eigenvalue weighted by atomic mass is 79.9. The SMILES string of the molecule is CC1(C)C2CCC1(C)C(OCC(CBr)c1ccccc1)C2. The van der Waals surface area contributed by atoms with Crippen LogP contribution in [0.25, 0.3) is 0 Å². The number of benzene rings is 1. The van der Waals surface area contributed by atoms with Crippen molar-refractivity contribution in [2.24, 2.45) is 16.7 Å². The van der Waals surface area contributed by atoms with Crippen molar-refractivity contribution >= 4 is 15.9 Å². The molecule has 2 heteroatoms. The molecular formula is C19H27BrO. The van der Waals surface area contributed by atoms with Gasteiger partial charge in [0.25, 0.3) is 0 Å². The minimum absolute atomic E-state index is 0.366. The fourth-order valence-electron chi connectivity index (χ4n) is 4.57. The van der Waals surface area contributed by atoms with Crippen molar-refractivity contribution in [3.8, 4) is 0 Å². The van der Waals surface area contributed by atoms with Crippen LogP contribution >= 0.6 is 15.9 Å². The lowest BCUT2D eigenvalue weighted by atomic mass is 9.70. The van der Waals surface area contributed by atoms with Gasteiger partial charge in [0.1, 0.15) is 0 Å². The minimum Gasteiger partial charge on any atom is -0.377 e. The maximum absolute atomic E-state index is 6.45. The quantitative estimate of drug-likeness (QED) is 0.646. The molecule has 3 rings (SSSR count). The molecule has 2 bridgehead atoms. The van der Waals surface area contributed by atoms with Crippen molar-refractivity contribution < 1.29 is 4.74 Å². The van der Waals surface area contributed by atoms with E-state index in [4.69, 9.17) is 4.74 Å². The van der Waals surface area contributed by atoms with Crippen molar-refractivity contribution in [3.63, 3.8) is 0 Å². The minimum atomic E-state index is 0.366. The third-order valence-corrected chi connectivity index (χ3v) is 7.45. The summed E-state index contributed by atoms with van der Waals surface area (Å²) in [4.78, 5) is 0. The number of fused-ring (bicyclic) bond motifs is 2. The summed E-state index contributed by atoms with van der Waals surface area (Å²) in [5, 5.41) is 0.966. The number of rotatable bonds is 5. The number of hydrogen-bond acceptors (Lipinski definition) is 1. The Balaban J connectivity index is 1.66. The largest absolute Gasteiger partial charge is 0.377 e. The van der Waals surface area contributed by atoms with E-state index < -0.39 is 0 Å². The second-order valence-electron chi connectivity index (χ2n) is 7.69. The summed E-state index contributed by atoms with van der Waals surface area (Å²) in [6.45, 7) is 8.19. The first-order chi connectivity index (χ1) is 9.99. The fraction of sp³-hybridized carbons (Fsp3) is 0.684. The molecule has 4 atom stereocenters. The number of ether oxygens (including phenoxy) is 1. The molecule has 116 valence electrons. The van der Waals surface area contributed by atoms with E-state index in [-0.39, 0.29) is 0 Å². The van der Waals surface area contributed by atoms with Crippen molar-refractivity contribution in [2.75, 3.05) is 11.9 Å². The number of alkyl halides is 1. The van der Waals surface area contributed by atoms with Crippen LogP contribution in [0.15, 0.2) is 30.3 Å². The molecule has 1 aromatic rings. The van der Waals surface area contributed by atoms with Gasteiger partial charge in [-0.3, -0.25) is 0 Å². The second-order valence-corrected chi connectivity index (χ2v) is 8.34. The highest BCUT2D eigenvalue weighted by molar-refractivity contribution is 9.09. The van der Waals surface area contributed by atoms with Gasteiger partial charge in [0.2, 0.25) is 0 Å². The van der Waals surface area contributed by atoms with E-state index >= 15 is 0 Å². The smallest absolute Gasteiger partial charge is 0.0637 e. The Labute approximate surface area is 137 Å². The second kappa shape index (κ2) is 5.70. The highest BCUT2D eigenvalue weighted by Gasteiger charge is 2.61. The molecule has 0 saturated heterocycles. The van der Waals surface area contributed by atoms with E-state index in [1.165, 1.54) is 24.8 Å². The standard InChI is InChI=1S/C19H27BrO/c1-18(2)16-9-10-19(18,3)17(11-16)21-13-15(12-20)14-7-5-4-6-8-14/h4-8,15-17H,9-13H2,1-3H3. The Hall–Kier alpha value is -0.340. The first-order valence-corrected chi connectivity index (χ1v) is 9.33. The van der Waals surface area contributed by atoms with Crippen molar-refractivity contribution in [1.29, 1.82) is 0 Å². The lowest BCUT2D eigenvalue weighted by molar-refractivity contribution is -0.0498. The summed E-state index contributed by atoms with van der Waals surface area (Å²) in [7, 11) is 0. The van der Waals surface area contributed by atoms with Crippen LogP contribution in [0, 0.1) is 16.7 Å². The van der Waals surface area contributed by atoms with E-state index in [9.17, 15) is 0 Å². The summed E-state index contributed by atoms with van der Waals surface area (Å²) >= 11 is 3.66. The van der Waals surface area contributed by atoms with Gasteiger partial charge in [-0.05, 0) is 41.6 Å². The number of hydrogen-bond donors (Lipinski definition) is 0. The monoisotopic (exact) mass is 350 g/mol. The normalized spacial score (nSPS) is 35.0. The van der Waals surface area contributed by atoms with Gasteiger partial charge in [-0.15, -0.1) is 0 Å². The molecule has 4 unspecified atom stereocenters. The van der Waals surface area contributed by atoms with E-state index in [1.54, 1.807) is 0 Å². The van der Waals surface area contributed by atoms with Crippen LogP contribution in [0.1, 0.15) is 51.5 Å². The van der Waals surface area contributed by atoms with Crippen LogP contribution in [0.2, 0.25) is 0 Å². The summed E-state index contributed by atoms with van der Waals surface area (Å²) in [5.41, 5.74) is 2.18. The van der Waals surface area contributed by atoms with E-state index in [1.807, 2.05) is 0 Å². The molecule has 0 aliphatic heterocycles. The molecule has 0 N–H and O–H groups in total. The molecule has 2 aliphatic carbocycles. The van der Waals surface area contributed by atoms with Gasteiger partial charge in [-0.1, -0.05) is 67.0 Å². The molecule has 1 nitrogen and oxygen atoms in total. The van der Waals surface area contributed by atoms with E-state index in [0.29, 0.717) is 22.9 Å². The summed E-state index contributed by atoms with van der Waals surface area (Å²) in [6.07, 6.45) is 4.42. The molecule has 0 aromatic heterocycles. The third-order valence-electron chi connectivity index (χ3n) is 6.67. The molecule has 2 saturated carbocycles. The summed E-state index contributed by atoms with van der Waals surface area (Å²) < 4.78 is 6.45. The number of halogens is 1. The van der Waals surface area contributed by atoms with Gasteiger partial charge in [0.05, 0.1) is 12.7 Å². The molecule has 21 heavy (non-hydrogen) atoms. The first-order valence-electron chi connectivity index (χ1n) is 8.21. The first kappa shape index (κ1) is 15.6. The van der Waals surface area contributed by atoms with Crippen LogP contribution in [-0.4, -0.2) is 18.0 Å². The Kier molecular flexibility index (Phi) is 4.22. The average Bonchev–Trinajstić information content (AvgIpc) is 2.82. The van der Waals surface area contributed by atoms with Crippen molar-refractivity contribution in [3.05, 3.63) is 35.9 Å². The molecule has 0 heterocycles. The molecular weight excluding hydrogens is 324 g/mol. The molecule has 0 amide bonds. The Morgan fingerprint density at radius 2 is 1.95 bits per heavy atom. The molecule has 2 aliphatic rings. The van der Waals surface area contributed by atoms with Gasteiger partial charge in [0.15, 0.2) is 0 Å². The average molecular weight is 351 g/mol. The third kappa shape index (κ3) is 2.49. The topological polar surface area (TPSA) is 9.23 Å². The maximum Gasteiger partial charge on any atom is 0.0637 e. The maximum atomic E-state index is 6.45.